The normalized spacial score (nSPS) is 18.2. The molecule has 1 unspecified atom stereocenters. The topological polar surface area (TPSA) is 98.3 Å². The van der Waals surface area contributed by atoms with E-state index >= 15 is 0 Å². The number of carbonyl (C=O) groups excluding carboxylic acids is 1. The number of nitrogens with zero attached hydrogens (tertiary/aromatic N) is 5. The summed E-state index contributed by atoms with van der Waals surface area (Å²) in [6, 6.07) is 0. The highest BCUT2D eigenvalue weighted by Crippen LogP contribution is 2.15. The molecule has 0 radical (unpaired) electrons. The first kappa shape index (κ1) is 16.6. The van der Waals surface area contributed by atoms with Crippen molar-refractivity contribution in [1.29, 1.82) is 0 Å². The largest absolute Gasteiger partial charge is 0.447 e. The molecule has 2 aromatic rings. The lowest BCUT2D eigenvalue weighted by molar-refractivity contribution is 0.0944. The molecule has 24 heavy (non-hydrogen) atoms. The third kappa shape index (κ3) is 3.80. The van der Waals surface area contributed by atoms with Gasteiger partial charge >= 0.3 is 0 Å². The number of nitrogens with one attached hydrogen (secondary N) is 1. The summed E-state index contributed by atoms with van der Waals surface area (Å²) in [6.45, 7) is 5.35. The van der Waals surface area contributed by atoms with E-state index in [0.29, 0.717) is 31.3 Å². The molecule has 9 heteroatoms. The first-order valence-corrected chi connectivity index (χ1v) is 8.04. The van der Waals surface area contributed by atoms with Crippen LogP contribution in [0, 0.1) is 0 Å². The number of rotatable bonds is 7. The Hall–Kier alpha value is -2.26. The minimum Gasteiger partial charge on any atom is -0.447 e. The van der Waals surface area contributed by atoms with Crippen molar-refractivity contribution >= 4 is 5.91 Å². The van der Waals surface area contributed by atoms with Gasteiger partial charge in [-0.1, -0.05) is 0 Å². The fraction of sp³-hybridized carbons (Fsp3) is 0.600. The van der Waals surface area contributed by atoms with Gasteiger partial charge in [0.05, 0.1) is 19.2 Å². The van der Waals surface area contributed by atoms with Gasteiger partial charge in [0.15, 0.2) is 5.69 Å². The highest BCUT2D eigenvalue weighted by atomic mass is 16.5. The van der Waals surface area contributed by atoms with E-state index in [9.17, 15) is 4.79 Å². The second-order valence-corrected chi connectivity index (χ2v) is 5.68. The monoisotopic (exact) mass is 334 g/mol. The molecule has 0 bridgehead atoms. The Morgan fingerprint density at radius 3 is 3.17 bits per heavy atom. The number of aryl methyl sites for hydroxylation is 1. The number of oxazole rings is 1. The van der Waals surface area contributed by atoms with Crippen LogP contribution >= 0.6 is 0 Å². The number of hydrogen-bond donors (Lipinski definition) is 1. The third-order valence-corrected chi connectivity index (χ3v) is 4.11. The minimum absolute atomic E-state index is 0.263. The van der Waals surface area contributed by atoms with Gasteiger partial charge < -0.3 is 14.5 Å². The van der Waals surface area contributed by atoms with Crippen LogP contribution in [-0.2, 0) is 24.4 Å². The standard InChI is InChI=1S/C15H22N6O3/c1-3-21-13(17-10-18-21)6-16-15(22)12-9-24-14(19-12)8-20-5-4-11(7-20)23-2/h9-11H,3-8H2,1-2H3,(H,16,22). The summed E-state index contributed by atoms with van der Waals surface area (Å²) in [4.78, 5) is 22.7. The fourth-order valence-corrected chi connectivity index (χ4v) is 2.75. The van der Waals surface area contributed by atoms with Crippen LogP contribution in [0.4, 0.5) is 0 Å². The van der Waals surface area contributed by atoms with Crippen LogP contribution in [0.15, 0.2) is 17.0 Å². The second kappa shape index (κ2) is 7.54. The smallest absolute Gasteiger partial charge is 0.273 e. The number of carbonyl (C=O) groups is 1. The zero-order chi connectivity index (χ0) is 16.9. The Bertz CT molecular complexity index is 682. The maximum atomic E-state index is 12.2. The highest BCUT2D eigenvalue weighted by molar-refractivity contribution is 5.91. The van der Waals surface area contributed by atoms with Gasteiger partial charge in [0.1, 0.15) is 18.4 Å². The molecular weight excluding hydrogens is 312 g/mol. The van der Waals surface area contributed by atoms with E-state index < -0.39 is 0 Å². The molecule has 1 fully saturated rings. The highest BCUT2D eigenvalue weighted by Gasteiger charge is 2.23. The molecule has 0 aromatic carbocycles. The molecule has 1 amide bonds. The number of amides is 1. The molecule has 3 rings (SSSR count). The molecule has 1 aliphatic heterocycles. The van der Waals surface area contributed by atoms with E-state index in [1.165, 1.54) is 12.6 Å². The van der Waals surface area contributed by atoms with Crippen LogP contribution in [0.3, 0.4) is 0 Å². The van der Waals surface area contributed by atoms with Crippen LogP contribution in [0.2, 0.25) is 0 Å². The van der Waals surface area contributed by atoms with E-state index in [-0.39, 0.29) is 17.7 Å². The first-order chi connectivity index (χ1) is 11.7. The summed E-state index contributed by atoms with van der Waals surface area (Å²) in [7, 11) is 1.72. The van der Waals surface area contributed by atoms with Gasteiger partial charge in [0.25, 0.3) is 5.91 Å². The van der Waals surface area contributed by atoms with E-state index in [4.69, 9.17) is 9.15 Å². The Labute approximate surface area is 140 Å². The van der Waals surface area contributed by atoms with Crippen LogP contribution in [0.1, 0.15) is 35.5 Å². The van der Waals surface area contributed by atoms with Crippen molar-refractivity contribution in [2.45, 2.75) is 39.1 Å². The Balaban J connectivity index is 1.52. The minimum atomic E-state index is -0.285. The predicted octanol–water partition coefficient (Wildman–Crippen LogP) is 0.437. The maximum Gasteiger partial charge on any atom is 0.273 e. The molecule has 0 spiro atoms. The third-order valence-electron chi connectivity index (χ3n) is 4.11. The molecule has 2 aromatic heterocycles. The average Bonchev–Trinajstić information content (AvgIpc) is 3.33. The van der Waals surface area contributed by atoms with E-state index in [2.05, 4.69) is 25.3 Å². The molecule has 1 N–H and O–H groups in total. The van der Waals surface area contributed by atoms with Crippen LogP contribution in [-0.4, -0.2) is 56.9 Å². The zero-order valence-corrected chi connectivity index (χ0v) is 13.9. The number of aromatic nitrogens is 4. The summed E-state index contributed by atoms with van der Waals surface area (Å²) in [5, 5.41) is 6.85. The summed E-state index contributed by atoms with van der Waals surface area (Å²) in [6.07, 6.45) is 4.13. The molecule has 0 saturated carbocycles. The van der Waals surface area contributed by atoms with E-state index in [0.717, 1.165) is 19.5 Å². The van der Waals surface area contributed by atoms with Gasteiger partial charge in [-0.15, -0.1) is 0 Å². The van der Waals surface area contributed by atoms with Crippen LogP contribution < -0.4 is 5.32 Å². The van der Waals surface area contributed by atoms with Gasteiger partial charge in [0, 0.05) is 26.7 Å². The average molecular weight is 334 g/mol. The van der Waals surface area contributed by atoms with Crippen molar-refractivity contribution in [2.24, 2.45) is 0 Å². The van der Waals surface area contributed by atoms with Gasteiger partial charge in [0.2, 0.25) is 5.89 Å². The lowest BCUT2D eigenvalue weighted by atomic mass is 10.3. The van der Waals surface area contributed by atoms with Crippen molar-refractivity contribution in [3.63, 3.8) is 0 Å². The quantitative estimate of drug-likeness (QED) is 0.784. The van der Waals surface area contributed by atoms with Crippen LogP contribution in [0.5, 0.6) is 0 Å². The summed E-state index contributed by atoms with van der Waals surface area (Å²) >= 11 is 0. The molecule has 1 atom stereocenters. The Morgan fingerprint density at radius 2 is 2.42 bits per heavy atom. The zero-order valence-electron chi connectivity index (χ0n) is 13.9. The van der Waals surface area contributed by atoms with Gasteiger partial charge in [-0.25, -0.2) is 14.6 Å². The van der Waals surface area contributed by atoms with Gasteiger partial charge in [-0.3, -0.25) is 9.69 Å². The van der Waals surface area contributed by atoms with E-state index in [1.54, 1.807) is 11.8 Å². The number of likely N-dealkylation sites (tertiary alicyclic amines) is 1. The molecular formula is C15H22N6O3. The first-order valence-electron chi connectivity index (χ1n) is 8.04. The molecule has 1 aliphatic rings. The summed E-state index contributed by atoms with van der Waals surface area (Å²) < 4.78 is 12.5. The Morgan fingerprint density at radius 1 is 1.54 bits per heavy atom. The lowest BCUT2D eigenvalue weighted by Crippen LogP contribution is -2.25. The molecule has 9 nitrogen and oxygen atoms in total. The predicted molar refractivity (Wildman–Crippen MR) is 84.1 cm³/mol. The van der Waals surface area contributed by atoms with Crippen molar-refractivity contribution in [3.8, 4) is 0 Å². The fourth-order valence-electron chi connectivity index (χ4n) is 2.75. The Kier molecular flexibility index (Phi) is 5.21. The van der Waals surface area contributed by atoms with Crippen molar-refractivity contribution in [2.75, 3.05) is 20.2 Å². The molecule has 3 heterocycles. The van der Waals surface area contributed by atoms with E-state index in [1.807, 2.05) is 6.92 Å². The van der Waals surface area contributed by atoms with Crippen molar-refractivity contribution in [1.82, 2.24) is 30.0 Å². The number of methoxy groups -OCH3 is 1. The SMILES string of the molecule is CCn1ncnc1CNC(=O)c1coc(CN2CCC(OC)C2)n1. The molecule has 1 saturated heterocycles. The number of hydrogen-bond acceptors (Lipinski definition) is 7. The van der Waals surface area contributed by atoms with Crippen molar-refractivity contribution < 1.29 is 13.9 Å². The number of ether oxygens (including phenoxy) is 1. The second-order valence-electron chi connectivity index (χ2n) is 5.68. The molecule has 0 aliphatic carbocycles. The maximum absolute atomic E-state index is 12.2. The molecule has 130 valence electrons. The van der Waals surface area contributed by atoms with Gasteiger partial charge in [-0.05, 0) is 13.3 Å². The van der Waals surface area contributed by atoms with Crippen LogP contribution in [0.25, 0.3) is 0 Å². The lowest BCUT2D eigenvalue weighted by Gasteiger charge is -2.12. The summed E-state index contributed by atoms with van der Waals surface area (Å²) in [5.41, 5.74) is 0.273. The van der Waals surface area contributed by atoms with Gasteiger partial charge in [-0.2, -0.15) is 5.10 Å². The van der Waals surface area contributed by atoms with Crippen molar-refractivity contribution in [3.05, 3.63) is 30.0 Å². The summed E-state index contributed by atoms with van der Waals surface area (Å²) in [5.74, 6) is 0.956.